The molecule has 0 aromatic carbocycles. The number of hydrogen-bond donors (Lipinski definition) is 0. The number of esters is 1. The lowest BCUT2D eigenvalue weighted by molar-refractivity contribution is -0.152. The predicted octanol–water partition coefficient (Wildman–Crippen LogP) is 2.81. The van der Waals surface area contributed by atoms with Gasteiger partial charge in [-0.25, -0.2) is 0 Å². The molecule has 0 aliphatic rings. The van der Waals surface area contributed by atoms with E-state index in [4.69, 9.17) is 4.74 Å². The van der Waals surface area contributed by atoms with Crippen LogP contribution in [0.1, 0.15) is 39.2 Å². The van der Waals surface area contributed by atoms with Crippen molar-refractivity contribution in [2.45, 2.75) is 40.0 Å². The molecule has 0 spiro atoms. The highest BCUT2D eigenvalue weighted by Gasteiger charge is 2.27. The van der Waals surface area contributed by atoms with Crippen molar-refractivity contribution in [1.29, 1.82) is 0 Å². The third kappa shape index (κ3) is 5.51. The number of rotatable bonds is 8. The quantitative estimate of drug-likeness (QED) is 0.541. The van der Waals surface area contributed by atoms with Gasteiger partial charge in [-0.05, 0) is 43.4 Å². The fourth-order valence-electron chi connectivity index (χ4n) is 2.06. The summed E-state index contributed by atoms with van der Waals surface area (Å²) in [4.78, 5) is 28.1. The number of aromatic nitrogens is 1. The molecule has 0 radical (unpaired) electrons. The Morgan fingerprint density at radius 1 is 1.25 bits per heavy atom. The van der Waals surface area contributed by atoms with Gasteiger partial charge in [-0.1, -0.05) is 13.8 Å². The molecule has 0 amide bonds. The number of carbonyl (C=O) groups is 2. The van der Waals surface area contributed by atoms with E-state index >= 15 is 0 Å². The summed E-state index contributed by atoms with van der Waals surface area (Å²) in [5, 5.41) is 0. The van der Waals surface area contributed by atoms with E-state index in [2.05, 4.69) is 4.98 Å². The molecule has 1 aromatic rings. The summed E-state index contributed by atoms with van der Waals surface area (Å²) in [7, 11) is 0. The van der Waals surface area contributed by atoms with Gasteiger partial charge in [0.15, 0.2) is 0 Å². The zero-order chi connectivity index (χ0) is 15.0. The van der Waals surface area contributed by atoms with Gasteiger partial charge in [0.2, 0.25) is 0 Å². The number of hydrogen-bond acceptors (Lipinski definition) is 4. The minimum atomic E-state index is -0.648. The van der Waals surface area contributed by atoms with Crippen LogP contribution in [0.15, 0.2) is 24.5 Å². The van der Waals surface area contributed by atoms with Gasteiger partial charge in [0, 0.05) is 18.8 Å². The molecular weight excluding hydrogens is 254 g/mol. The van der Waals surface area contributed by atoms with E-state index in [0.717, 1.165) is 5.56 Å². The van der Waals surface area contributed by atoms with Gasteiger partial charge in [0.1, 0.15) is 11.7 Å². The number of Topliss-reactive ketones (excluding diaryl/α,β-unsaturated/α-hetero) is 1. The van der Waals surface area contributed by atoms with Crippen LogP contribution in [0.3, 0.4) is 0 Å². The lowest BCUT2D eigenvalue weighted by Gasteiger charge is -2.15. The highest BCUT2D eigenvalue weighted by atomic mass is 16.5. The molecule has 1 aromatic heterocycles. The zero-order valence-electron chi connectivity index (χ0n) is 12.5. The number of aryl methyl sites for hydroxylation is 1. The normalized spacial score (nSPS) is 12.2. The van der Waals surface area contributed by atoms with Crippen molar-refractivity contribution < 1.29 is 14.3 Å². The topological polar surface area (TPSA) is 56.3 Å². The molecule has 0 saturated carbocycles. The number of carbonyl (C=O) groups excluding carboxylic acids is 2. The lowest BCUT2D eigenvalue weighted by atomic mass is 9.91. The Hall–Kier alpha value is -1.71. The fraction of sp³-hybridized carbons (Fsp3) is 0.562. The Labute approximate surface area is 120 Å². The summed E-state index contributed by atoms with van der Waals surface area (Å²) in [6.07, 6.45) is 5.01. The maximum atomic E-state index is 12.2. The molecule has 0 saturated heterocycles. The molecule has 1 atom stereocenters. The van der Waals surface area contributed by atoms with Crippen LogP contribution >= 0.6 is 0 Å². The monoisotopic (exact) mass is 277 g/mol. The third-order valence-electron chi connectivity index (χ3n) is 3.04. The first-order valence-electron chi connectivity index (χ1n) is 7.12. The van der Waals surface area contributed by atoms with Gasteiger partial charge in [0.05, 0.1) is 6.61 Å². The summed E-state index contributed by atoms with van der Waals surface area (Å²) >= 11 is 0. The summed E-state index contributed by atoms with van der Waals surface area (Å²) in [5.41, 5.74) is 1.08. The first-order valence-corrected chi connectivity index (χ1v) is 7.12. The van der Waals surface area contributed by atoms with Gasteiger partial charge in [-0.2, -0.15) is 0 Å². The molecule has 0 aliphatic heterocycles. The van der Waals surface area contributed by atoms with Crippen LogP contribution < -0.4 is 0 Å². The second-order valence-corrected chi connectivity index (χ2v) is 5.26. The van der Waals surface area contributed by atoms with Crippen molar-refractivity contribution in [3.8, 4) is 0 Å². The Bertz CT molecular complexity index is 429. The molecule has 4 nitrogen and oxygen atoms in total. The van der Waals surface area contributed by atoms with Crippen molar-refractivity contribution >= 4 is 11.8 Å². The van der Waals surface area contributed by atoms with Gasteiger partial charge in [-0.3, -0.25) is 14.6 Å². The number of ketones is 1. The van der Waals surface area contributed by atoms with Crippen molar-refractivity contribution in [1.82, 2.24) is 4.98 Å². The van der Waals surface area contributed by atoms with Crippen molar-refractivity contribution in [2.75, 3.05) is 6.61 Å². The molecule has 1 rings (SSSR count). The average Bonchev–Trinajstić information content (AvgIpc) is 2.39. The van der Waals surface area contributed by atoms with E-state index in [1.807, 2.05) is 26.0 Å². The molecule has 0 aliphatic carbocycles. The lowest BCUT2D eigenvalue weighted by Crippen LogP contribution is -2.27. The summed E-state index contributed by atoms with van der Waals surface area (Å²) in [5.74, 6) is -0.814. The summed E-state index contributed by atoms with van der Waals surface area (Å²) in [6, 6.07) is 3.80. The van der Waals surface area contributed by atoms with E-state index in [-0.39, 0.29) is 11.7 Å². The zero-order valence-corrected chi connectivity index (χ0v) is 12.5. The van der Waals surface area contributed by atoms with Crippen LogP contribution in [0.5, 0.6) is 0 Å². The fourth-order valence-corrected chi connectivity index (χ4v) is 2.06. The minimum absolute atomic E-state index is 0.0208. The average molecular weight is 277 g/mol. The second-order valence-electron chi connectivity index (χ2n) is 5.26. The van der Waals surface area contributed by atoms with E-state index in [1.165, 1.54) is 0 Å². The molecule has 4 heteroatoms. The molecule has 0 N–H and O–H groups in total. The van der Waals surface area contributed by atoms with Crippen molar-refractivity contribution in [2.24, 2.45) is 11.8 Å². The largest absolute Gasteiger partial charge is 0.465 e. The van der Waals surface area contributed by atoms with Crippen LogP contribution in [-0.2, 0) is 20.7 Å². The van der Waals surface area contributed by atoms with Gasteiger partial charge in [-0.15, -0.1) is 0 Å². The molecular formula is C16H23NO3. The maximum absolute atomic E-state index is 12.2. The molecule has 20 heavy (non-hydrogen) atoms. The predicted molar refractivity (Wildman–Crippen MR) is 77.1 cm³/mol. The first-order chi connectivity index (χ1) is 9.54. The molecule has 0 fully saturated rings. The van der Waals surface area contributed by atoms with Gasteiger partial charge < -0.3 is 4.74 Å². The van der Waals surface area contributed by atoms with Crippen LogP contribution in [0, 0.1) is 11.8 Å². The van der Waals surface area contributed by atoms with Crippen molar-refractivity contribution in [3.63, 3.8) is 0 Å². The van der Waals surface area contributed by atoms with E-state index in [9.17, 15) is 9.59 Å². The molecule has 0 bridgehead atoms. The van der Waals surface area contributed by atoms with Crippen LogP contribution in [0.4, 0.5) is 0 Å². The second kappa shape index (κ2) is 8.46. The Morgan fingerprint density at radius 3 is 2.45 bits per heavy atom. The smallest absolute Gasteiger partial charge is 0.316 e. The molecule has 110 valence electrons. The maximum Gasteiger partial charge on any atom is 0.316 e. The Kier molecular flexibility index (Phi) is 6.91. The third-order valence-corrected chi connectivity index (χ3v) is 3.04. The van der Waals surface area contributed by atoms with E-state index < -0.39 is 11.9 Å². The SMILES string of the molecule is CCOC(=O)[C@@H](CCc1ccncc1)C(=O)CC(C)C. The van der Waals surface area contributed by atoms with E-state index in [0.29, 0.717) is 25.9 Å². The first kappa shape index (κ1) is 16.3. The van der Waals surface area contributed by atoms with Crippen molar-refractivity contribution in [3.05, 3.63) is 30.1 Å². The van der Waals surface area contributed by atoms with E-state index in [1.54, 1.807) is 19.3 Å². The Morgan fingerprint density at radius 2 is 1.90 bits per heavy atom. The van der Waals surface area contributed by atoms with Crippen LogP contribution in [0.25, 0.3) is 0 Å². The van der Waals surface area contributed by atoms with Gasteiger partial charge in [0.25, 0.3) is 0 Å². The molecule has 0 unspecified atom stereocenters. The number of ether oxygens (including phenoxy) is 1. The highest BCUT2D eigenvalue weighted by molar-refractivity contribution is 5.99. The summed E-state index contributed by atoms with van der Waals surface area (Å²) in [6.45, 7) is 6.01. The standard InChI is InChI=1S/C16H23NO3/c1-4-20-16(19)14(15(18)11-12(2)3)6-5-13-7-9-17-10-8-13/h7-10,12,14H,4-6,11H2,1-3H3/t14-/m0/s1. The number of pyridine rings is 1. The Balaban J connectivity index is 2.67. The van der Waals surface area contributed by atoms with Crippen LogP contribution in [-0.4, -0.2) is 23.3 Å². The highest BCUT2D eigenvalue weighted by Crippen LogP contribution is 2.16. The van der Waals surface area contributed by atoms with Crippen LogP contribution in [0.2, 0.25) is 0 Å². The molecule has 1 heterocycles. The van der Waals surface area contributed by atoms with Gasteiger partial charge >= 0.3 is 5.97 Å². The summed E-state index contributed by atoms with van der Waals surface area (Å²) < 4.78 is 5.02. The number of nitrogens with zero attached hydrogens (tertiary/aromatic N) is 1. The minimum Gasteiger partial charge on any atom is -0.465 e.